The molecule has 8 nitrogen and oxygen atoms in total. The summed E-state index contributed by atoms with van der Waals surface area (Å²) >= 11 is 3.44. The van der Waals surface area contributed by atoms with Gasteiger partial charge < -0.3 is 5.32 Å². The highest BCUT2D eigenvalue weighted by molar-refractivity contribution is 9.10. The Bertz CT molecular complexity index is 1150. The molecule has 1 fully saturated rings. The van der Waals surface area contributed by atoms with E-state index in [1.54, 1.807) is 34.0 Å². The molecule has 0 aliphatic heterocycles. The van der Waals surface area contributed by atoms with E-state index in [0.717, 1.165) is 34.5 Å². The number of imidazole rings is 1. The van der Waals surface area contributed by atoms with Gasteiger partial charge in [-0.05, 0) is 49.2 Å². The molecule has 0 saturated heterocycles. The van der Waals surface area contributed by atoms with Gasteiger partial charge in [0.25, 0.3) is 5.91 Å². The Morgan fingerprint density at radius 1 is 1.14 bits per heavy atom. The van der Waals surface area contributed by atoms with Gasteiger partial charge in [0.05, 0.1) is 23.3 Å². The van der Waals surface area contributed by atoms with Crippen molar-refractivity contribution >= 4 is 27.5 Å². The van der Waals surface area contributed by atoms with E-state index in [2.05, 4.69) is 41.5 Å². The highest BCUT2D eigenvalue weighted by atomic mass is 79.9. The molecular weight excluding hydrogens is 434 g/mol. The van der Waals surface area contributed by atoms with Gasteiger partial charge in [-0.25, -0.2) is 14.6 Å². The van der Waals surface area contributed by atoms with Gasteiger partial charge in [-0.1, -0.05) is 21.1 Å². The molecule has 0 atom stereocenters. The molecule has 1 aliphatic rings. The first-order chi connectivity index (χ1) is 14.2. The third kappa shape index (κ3) is 3.56. The number of halogens is 1. The van der Waals surface area contributed by atoms with Crippen LogP contribution < -0.4 is 5.32 Å². The Labute approximate surface area is 174 Å². The molecule has 9 heteroatoms. The van der Waals surface area contributed by atoms with Gasteiger partial charge in [-0.15, -0.1) is 5.10 Å². The van der Waals surface area contributed by atoms with Crippen LogP contribution >= 0.6 is 15.9 Å². The number of benzene rings is 1. The number of nitrogens with zero attached hydrogens (tertiary/aromatic N) is 6. The van der Waals surface area contributed by atoms with Crippen LogP contribution in [0.5, 0.6) is 0 Å². The third-order valence-corrected chi connectivity index (χ3v) is 5.26. The molecule has 1 aromatic carbocycles. The first kappa shape index (κ1) is 17.7. The van der Waals surface area contributed by atoms with Gasteiger partial charge in [-0.3, -0.25) is 9.36 Å². The lowest BCUT2D eigenvalue weighted by Gasteiger charge is -2.08. The summed E-state index contributed by atoms with van der Waals surface area (Å²) in [6.07, 6.45) is 8.84. The van der Waals surface area contributed by atoms with Crippen LogP contribution in [0.3, 0.4) is 0 Å². The number of hydrogen-bond acceptors (Lipinski definition) is 5. The fourth-order valence-electron chi connectivity index (χ4n) is 3.14. The average Bonchev–Trinajstić information content (AvgIpc) is 3.25. The van der Waals surface area contributed by atoms with E-state index in [0.29, 0.717) is 17.3 Å². The zero-order valence-electron chi connectivity index (χ0n) is 15.2. The van der Waals surface area contributed by atoms with Crippen LogP contribution in [0, 0.1) is 0 Å². The van der Waals surface area contributed by atoms with Crippen LogP contribution in [0.15, 0.2) is 65.8 Å². The number of aromatic nitrogens is 6. The molecule has 29 heavy (non-hydrogen) atoms. The second-order valence-corrected chi connectivity index (χ2v) is 7.73. The number of rotatable bonds is 5. The summed E-state index contributed by atoms with van der Waals surface area (Å²) in [5.41, 5.74) is 2.69. The lowest BCUT2D eigenvalue weighted by atomic mass is 10.2. The van der Waals surface area contributed by atoms with Gasteiger partial charge >= 0.3 is 0 Å². The maximum atomic E-state index is 12.9. The van der Waals surface area contributed by atoms with Gasteiger partial charge in [0, 0.05) is 22.8 Å². The summed E-state index contributed by atoms with van der Waals surface area (Å²) in [5.74, 6) is 0.740. The highest BCUT2D eigenvalue weighted by Gasteiger charge is 2.34. The van der Waals surface area contributed by atoms with Crippen LogP contribution in [0.4, 0.5) is 5.69 Å². The first-order valence-corrected chi connectivity index (χ1v) is 9.95. The Hall–Kier alpha value is -3.33. The summed E-state index contributed by atoms with van der Waals surface area (Å²) in [4.78, 5) is 21.3. The molecule has 0 radical (unpaired) electrons. The van der Waals surface area contributed by atoms with E-state index >= 15 is 0 Å². The maximum Gasteiger partial charge on any atom is 0.278 e. The first-order valence-electron chi connectivity index (χ1n) is 9.16. The van der Waals surface area contributed by atoms with Crippen LogP contribution in [0.25, 0.3) is 11.5 Å². The van der Waals surface area contributed by atoms with Gasteiger partial charge in [-0.2, -0.15) is 0 Å². The van der Waals surface area contributed by atoms with E-state index in [-0.39, 0.29) is 5.91 Å². The van der Waals surface area contributed by atoms with E-state index in [1.807, 2.05) is 36.5 Å². The quantitative estimate of drug-likeness (QED) is 0.500. The number of anilines is 1. The van der Waals surface area contributed by atoms with E-state index in [1.165, 1.54) is 0 Å². The minimum absolute atomic E-state index is 0.285. The van der Waals surface area contributed by atoms with Crippen molar-refractivity contribution in [2.75, 3.05) is 5.32 Å². The van der Waals surface area contributed by atoms with E-state index in [9.17, 15) is 4.79 Å². The summed E-state index contributed by atoms with van der Waals surface area (Å²) in [7, 11) is 0. The number of nitrogens with one attached hydrogen (secondary N) is 1. The molecule has 5 rings (SSSR count). The zero-order chi connectivity index (χ0) is 19.8. The summed E-state index contributed by atoms with van der Waals surface area (Å²) in [6, 6.07) is 11.4. The molecule has 1 N–H and O–H groups in total. The molecule has 4 aromatic rings. The normalized spacial score (nSPS) is 13.4. The summed E-state index contributed by atoms with van der Waals surface area (Å²) in [6.45, 7) is 0. The van der Waals surface area contributed by atoms with Crippen LogP contribution in [-0.4, -0.2) is 35.4 Å². The third-order valence-electron chi connectivity index (χ3n) is 4.73. The smallest absolute Gasteiger partial charge is 0.278 e. The summed E-state index contributed by atoms with van der Waals surface area (Å²) in [5, 5.41) is 11.3. The molecule has 1 saturated carbocycles. The molecule has 0 spiro atoms. The predicted octanol–water partition coefficient (Wildman–Crippen LogP) is 3.74. The fourth-order valence-corrected chi connectivity index (χ4v) is 3.41. The Kier molecular flexibility index (Phi) is 4.44. The van der Waals surface area contributed by atoms with Crippen molar-refractivity contribution in [3.63, 3.8) is 0 Å². The van der Waals surface area contributed by atoms with Crippen molar-refractivity contribution in [2.24, 2.45) is 0 Å². The minimum Gasteiger partial charge on any atom is -0.319 e. The molecule has 0 unspecified atom stereocenters. The number of amides is 1. The average molecular weight is 450 g/mol. The van der Waals surface area contributed by atoms with Crippen molar-refractivity contribution in [2.45, 2.75) is 18.8 Å². The van der Waals surface area contributed by atoms with Gasteiger partial charge in [0.15, 0.2) is 5.69 Å². The van der Waals surface area contributed by atoms with Crippen molar-refractivity contribution in [3.8, 4) is 11.5 Å². The number of hydrogen-bond donors (Lipinski definition) is 1. The van der Waals surface area contributed by atoms with Crippen molar-refractivity contribution < 1.29 is 4.79 Å². The zero-order valence-corrected chi connectivity index (χ0v) is 16.8. The second-order valence-electron chi connectivity index (χ2n) is 6.81. The van der Waals surface area contributed by atoms with Gasteiger partial charge in [0.2, 0.25) is 0 Å². The van der Waals surface area contributed by atoms with Crippen LogP contribution in [-0.2, 0) is 0 Å². The van der Waals surface area contributed by atoms with Crippen LogP contribution in [0.1, 0.15) is 34.9 Å². The molecule has 1 aliphatic carbocycles. The molecular formula is C20H16BrN7O. The Morgan fingerprint density at radius 3 is 2.62 bits per heavy atom. The van der Waals surface area contributed by atoms with E-state index < -0.39 is 0 Å². The molecule has 144 valence electrons. The lowest BCUT2D eigenvalue weighted by molar-refractivity contribution is 0.102. The van der Waals surface area contributed by atoms with Crippen LogP contribution in [0.2, 0.25) is 0 Å². The predicted molar refractivity (Wildman–Crippen MR) is 110 cm³/mol. The Morgan fingerprint density at radius 2 is 1.97 bits per heavy atom. The lowest BCUT2D eigenvalue weighted by Crippen LogP contribution is -2.15. The Balaban J connectivity index is 1.40. The summed E-state index contributed by atoms with van der Waals surface area (Å²) < 4.78 is 4.54. The number of carbonyl (C=O) groups is 1. The topological polar surface area (TPSA) is 90.5 Å². The van der Waals surface area contributed by atoms with Gasteiger partial charge in [0.1, 0.15) is 12.1 Å². The van der Waals surface area contributed by atoms with Crippen molar-refractivity contribution in [1.82, 2.24) is 29.5 Å². The second kappa shape index (κ2) is 7.25. The standard InChI is InChI=1S/C20H16BrN7O/c21-14-3-6-16(7-4-14)28-19(13-1-2-13)18(25-26-28)20(29)24-15-5-8-17(23-11-15)27-10-9-22-12-27/h3-13H,1-2H2,(H,24,29). The number of carbonyl (C=O) groups excluding carboxylic acids is 1. The monoisotopic (exact) mass is 449 g/mol. The van der Waals surface area contributed by atoms with Crippen molar-refractivity contribution in [1.29, 1.82) is 0 Å². The minimum atomic E-state index is -0.285. The van der Waals surface area contributed by atoms with Crippen molar-refractivity contribution in [3.05, 3.63) is 77.2 Å². The fraction of sp³-hybridized carbons (Fsp3) is 0.150. The maximum absolute atomic E-state index is 12.9. The molecule has 3 aromatic heterocycles. The molecule has 0 bridgehead atoms. The molecule has 1 amide bonds. The largest absolute Gasteiger partial charge is 0.319 e. The number of pyridine rings is 1. The molecule has 3 heterocycles. The highest BCUT2D eigenvalue weighted by Crippen LogP contribution is 2.42. The SMILES string of the molecule is O=C(Nc1ccc(-n2ccnc2)nc1)c1nnn(-c2ccc(Br)cc2)c1C1CC1. The van der Waals surface area contributed by atoms with E-state index in [4.69, 9.17) is 0 Å².